The van der Waals surface area contributed by atoms with Crippen LogP contribution < -0.4 is 0 Å². The van der Waals surface area contributed by atoms with Crippen molar-refractivity contribution in [1.82, 2.24) is 4.90 Å². The van der Waals surface area contributed by atoms with Crippen LogP contribution in [0.1, 0.15) is 44.4 Å². The van der Waals surface area contributed by atoms with E-state index in [1.807, 2.05) is 22.4 Å². The molecule has 0 radical (unpaired) electrons. The predicted molar refractivity (Wildman–Crippen MR) is 74.4 cm³/mol. The second kappa shape index (κ2) is 8.29. The number of unbranched alkanes of at least 4 members (excludes halogenated alkanes) is 2. The third-order valence-corrected chi connectivity index (χ3v) is 3.70. The van der Waals surface area contributed by atoms with Crippen molar-refractivity contribution in [3.63, 3.8) is 0 Å². The molecular weight excluding hydrogens is 230 g/mol. The summed E-state index contributed by atoms with van der Waals surface area (Å²) in [7, 11) is 0. The zero-order valence-electron chi connectivity index (χ0n) is 10.9. The first-order valence-corrected chi connectivity index (χ1v) is 7.46. The Morgan fingerprint density at radius 3 is 2.35 bits per heavy atom. The molecular formula is C14H23NOS. The molecule has 3 heteroatoms. The van der Waals surface area contributed by atoms with Crippen LogP contribution in [-0.4, -0.2) is 23.9 Å². The fourth-order valence-electron chi connectivity index (χ4n) is 1.73. The van der Waals surface area contributed by atoms with Gasteiger partial charge in [0.2, 0.25) is 5.91 Å². The molecule has 0 aliphatic rings. The summed E-state index contributed by atoms with van der Waals surface area (Å²) in [4.78, 5) is 15.4. The van der Waals surface area contributed by atoms with Crippen molar-refractivity contribution >= 4 is 17.2 Å². The number of nitrogens with zero attached hydrogens (tertiary/aromatic N) is 1. The van der Waals surface area contributed by atoms with Crippen molar-refractivity contribution in [2.75, 3.05) is 13.1 Å². The summed E-state index contributed by atoms with van der Waals surface area (Å²) in [6, 6.07) is 4.05. The number of thiophene rings is 1. The fraction of sp³-hybridized carbons (Fsp3) is 0.643. The Morgan fingerprint density at radius 2 is 1.88 bits per heavy atom. The van der Waals surface area contributed by atoms with Gasteiger partial charge in [-0.1, -0.05) is 32.8 Å². The third-order valence-electron chi connectivity index (χ3n) is 2.82. The van der Waals surface area contributed by atoms with Crippen LogP contribution in [0.15, 0.2) is 17.5 Å². The molecule has 1 rings (SSSR count). The van der Waals surface area contributed by atoms with Crippen molar-refractivity contribution in [3.8, 4) is 0 Å². The second-order valence-electron chi connectivity index (χ2n) is 4.34. The van der Waals surface area contributed by atoms with E-state index in [1.165, 1.54) is 4.88 Å². The lowest BCUT2D eigenvalue weighted by Crippen LogP contribution is -2.33. The van der Waals surface area contributed by atoms with Crippen LogP contribution >= 0.6 is 11.3 Å². The van der Waals surface area contributed by atoms with Gasteiger partial charge in [0, 0.05) is 18.0 Å². The molecule has 0 aromatic carbocycles. The molecule has 0 aliphatic carbocycles. The van der Waals surface area contributed by atoms with E-state index in [1.54, 1.807) is 11.3 Å². The maximum atomic E-state index is 12.2. The van der Waals surface area contributed by atoms with E-state index in [4.69, 9.17) is 0 Å². The second-order valence-corrected chi connectivity index (χ2v) is 5.38. The summed E-state index contributed by atoms with van der Waals surface area (Å²) in [5.41, 5.74) is 0. The normalized spacial score (nSPS) is 10.5. The lowest BCUT2D eigenvalue weighted by molar-refractivity contribution is -0.130. The number of carbonyl (C=O) groups is 1. The van der Waals surface area contributed by atoms with Crippen LogP contribution in [0, 0.1) is 0 Å². The van der Waals surface area contributed by atoms with Gasteiger partial charge in [-0.05, 0) is 24.3 Å². The maximum absolute atomic E-state index is 12.2. The lowest BCUT2D eigenvalue weighted by Gasteiger charge is -2.22. The van der Waals surface area contributed by atoms with E-state index in [0.717, 1.165) is 38.8 Å². The molecule has 1 amide bonds. The molecule has 0 saturated carbocycles. The standard InChI is InChI=1S/C14H23NOS/c1-3-5-9-15(10-6-4-2)14(16)12-13-8-7-11-17-13/h7-8,11H,3-6,9-10,12H2,1-2H3. The minimum absolute atomic E-state index is 0.286. The summed E-state index contributed by atoms with van der Waals surface area (Å²) in [5.74, 6) is 0.286. The largest absolute Gasteiger partial charge is 0.342 e. The Bertz CT molecular complexity index is 300. The van der Waals surface area contributed by atoms with Crippen molar-refractivity contribution in [2.45, 2.75) is 46.0 Å². The molecule has 0 fully saturated rings. The van der Waals surface area contributed by atoms with Crippen molar-refractivity contribution in [3.05, 3.63) is 22.4 Å². The highest BCUT2D eigenvalue weighted by atomic mass is 32.1. The van der Waals surface area contributed by atoms with Crippen LogP contribution in [0.5, 0.6) is 0 Å². The summed E-state index contributed by atoms with van der Waals surface area (Å²) >= 11 is 1.67. The van der Waals surface area contributed by atoms with E-state index < -0.39 is 0 Å². The Labute approximate surface area is 109 Å². The topological polar surface area (TPSA) is 20.3 Å². The van der Waals surface area contributed by atoms with Crippen LogP contribution in [0.3, 0.4) is 0 Å². The first-order valence-electron chi connectivity index (χ1n) is 6.58. The minimum Gasteiger partial charge on any atom is -0.342 e. The average molecular weight is 253 g/mol. The van der Waals surface area contributed by atoms with Gasteiger partial charge in [-0.3, -0.25) is 4.79 Å². The Kier molecular flexibility index (Phi) is 6.94. The average Bonchev–Trinajstić information content (AvgIpc) is 2.82. The van der Waals surface area contributed by atoms with Gasteiger partial charge in [0.15, 0.2) is 0 Å². The smallest absolute Gasteiger partial charge is 0.227 e. The molecule has 1 aromatic rings. The van der Waals surface area contributed by atoms with Crippen LogP contribution in [0.4, 0.5) is 0 Å². The molecule has 96 valence electrons. The first kappa shape index (κ1) is 14.2. The van der Waals surface area contributed by atoms with E-state index in [-0.39, 0.29) is 5.91 Å². The van der Waals surface area contributed by atoms with Gasteiger partial charge in [0.05, 0.1) is 6.42 Å². The quantitative estimate of drug-likeness (QED) is 0.691. The van der Waals surface area contributed by atoms with Crippen LogP contribution in [0.2, 0.25) is 0 Å². The molecule has 0 N–H and O–H groups in total. The van der Waals surface area contributed by atoms with Gasteiger partial charge < -0.3 is 4.90 Å². The van der Waals surface area contributed by atoms with Crippen molar-refractivity contribution in [1.29, 1.82) is 0 Å². The molecule has 0 unspecified atom stereocenters. The van der Waals surface area contributed by atoms with Crippen molar-refractivity contribution in [2.24, 2.45) is 0 Å². The Hall–Kier alpha value is -0.830. The van der Waals surface area contributed by atoms with Crippen LogP contribution in [-0.2, 0) is 11.2 Å². The summed E-state index contributed by atoms with van der Waals surface area (Å²) in [6.45, 7) is 6.17. The predicted octanol–water partition coefficient (Wildman–Crippen LogP) is 3.72. The van der Waals surface area contributed by atoms with Gasteiger partial charge in [0.25, 0.3) is 0 Å². The van der Waals surface area contributed by atoms with Gasteiger partial charge in [-0.2, -0.15) is 0 Å². The van der Waals surface area contributed by atoms with E-state index in [9.17, 15) is 4.79 Å². The Balaban J connectivity index is 2.46. The van der Waals surface area contributed by atoms with Gasteiger partial charge in [-0.25, -0.2) is 0 Å². The zero-order valence-corrected chi connectivity index (χ0v) is 11.8. The minimum atomic E-state index is 0.286. The molecule has 17 heavy (non-hydrogen) atoms. The molecule has 2 nitrogen and oxygen atoms in total. The van der Waals surface area contributed by atoms with E-state index >= 15 is 0 Å². The maximum Gasteiger partial charge on any atom is 0.227 e. The highest BCUT2D eigenvalue weighted by Crippen LogP contribution is 2.11. The number of hydrogen-bond donors (Lipinski definition) is 0. The fourth-order valence-corrected chi connectivity index (χ4v) is 2.43. The van der Waals surface area contributed by atoms with Crippen molar-refractivity contribution < 1.29 is 4.79 Å². The molecule has 0 spiro atoms. The first-order chi connectivity index (χ1) is 8.27. The Morgan fingerprint density at radius 1 is 1.24 bits per heavy atom. The molecule has 1 aromatic heterocycles. The SMILES string of the molecule is CCCCN(CCCC)C(=O)Cc1cccs1. The van der Waals surface area contributed by atoms with E-state index in [2.05, 4.69) is 13.8 Å². The number of amides is 1. The zero-order chi connectivity index (χ0) is 12.5. The van der Waals surface area contributed by atoms with E-state index in [0.29, 0.717) is 6.42 Å². The molecule has 0 bridgehead atoms. The number of hydrogen-bond acceptors (Lipinski definition) is 2. The van der Waals surface area contributed by atoms with Gasteiger partial charge in [0.1, 0.15) is 0 Å². The molecule has 0 aliphatic heterocycles. The highest BCUT2D eigenvalue weighted by molar-refractivity contribution is 7.10. The molecule has 0 atom stereocenters. The number of rotatable bonds is 8. The van der Waals surface area contributed by atoms with Gasteiger partial charge in [-0.15, -0.1) is 11.3 Å². The lowest BCUT2D eigenvalue weighted by atomic mass is 10.2. The molecule has 0 saturated heterocycles. The van der Waals surface area contributed by atoms with Crippen LogP contribution in [0.25, 0.3) is 0 Å². The summed E-state index contributed by atoms with van der Waals surface area (Å²) in [6.07, 6.45) is 5.09. The highest BCUT2D eigenvalue weighted by Gasteiger charge is 2.13. The summed E-state index contributed by atoms with van der Waals surface area (Å²) in [5, 5.41) is 2.03. The third kappa shape index (κ3) is 5.35. The van der Waals surface area contributed by atoms with Gasteiger partial charge >= 0.3 is 0 Å². The summed E-state index contributed by atoms with van der Waals surface area (Å²) < 4.78 is 0. The monoisotopic (exact) mass is 253 g/mol. The molecule has 1 heterocycles. The number of carbonyl (C=O) groups excluding carboxylic acids is 1.